The monoisotopic (exact) mass is 782 g/mol. The third-order valence-corrected chi connectivity index (χ3v) is 0. The molecule has 0 aliphatic carbocycles. The number of hydrogen-bond donors (Lipinski definition) is 0. The van der Waals surface area contributed by atoms with E-state index in [0.717, 1.165) is 0 Å². The molecule has 25 heteroatoms. The van der Waals surface area contributed by atoms with Crippen molar-refractivity contribution in [3.8, 4) is 0 Å². The second kappa shape index (κ2) is 40.4. The minimum atomic E-state index is -5.17. The molecule has 0 aliphatic heterocycles. The molecule has 0 spiro atoms. The van der Waals surface area contributed by atoms with Gasteiger partial charge in [-0.3, -0.25) is 25.3 Å². The minimum Gasteiger partial charge on any atom is -0.759 e. The molecule has 0 aromatic rings. The van der Waals surface area contributed by atoms with Crippen LogP contribution < -0.4 is 0 Å². The largest absolute Gasteiger partial charge is 3.00 e. The van der Waals surface area contributed by atoms with E-state index < -0.39 is 31.2 Å². The van der Waals surface area contributed by atoms with Crippen molar-refractivity contribution in [2.45, 2.75) is 0 Å². The Morgan fingerprint density at radius 3 is 0.320 bits per heavy atom. The summed E-state index contributed by atoms with van der Waals surface area (Å²) >= 11 is 0. The summed E-state index contributed by atoms with van der Waals surface area (Å²) in [6, 6.07) is 0. The second-order valence-corrected chi connectivity index (χ2v) is 3.67. The van der Waals surface area contributed by atoms with Gasteiger partial charge in [-0.1, -0.05) is 0 Å². The van der Waals surface area contributed by atoms with Gasteiger partial charge in [0.1, 0.15) is 0 Å². The zero-order valence-corrected chi connectivity index (χ0v) is 16.4. The maximum atomic E-state index is 8.52. The van der Waals surface area contributed by atoms with Gasteiger partial charge in [0.15, 0.2) is 0 Å². The molecule has 16 N–H and O–H groups in total. The van der Waals surface area contributed by atoms with Crippen LogP contribution in [-0.2, 0) is 31.2 Å². The Morgan fingerprint density at radius 2 is 0.320 bits per heavy atom. The van der Waals surface area contributed by atoms with Crippen LogP contribution >= 0.6 is 0 Å². The maximum Gasteiger partial charge on any atom is 3.00 e. The van der Waals surface area contributed by atoms with E-state index in [9.17, 15) is 0 Å². The van der Waals surface area contributed by atoms with Crippen molar-refractivity contribution in [1.82, 2.24) is 0 Å². The van der Waals surface area contributed by atoms with Gasteiger partial charge in [-0.05, 0) is 0 Å². The quantitative estimate of drug-likeness (QED) is 0.163. The van der Waals surface area contributed by atoms with Crippen molar-refractivity contribution in [2.24, 2.45) is 0 Å². The van der Waals surface area contributed by atoms with Gasteiger partial charge in [0, 0.05) is 31.2 Å². The van der Waals surface area contributed by atoms with Crippen LogP contribution in [0, 0.1) is 73.7 Å². The van der Waals surface area contributed by atoms with Crippen LogP contribution in [0.2, 0.25) is 0 Å². The molecule has 0 atom stereocenters. The zero-order valence-electron chi connectivity index (χ0n) is 10.6. The average molecular weight is 782 g/mol. The normalized spacial score (nSPS) is 6.96. The van der Waals surface area contributed by atoms with Gasteiger partial charge in [0.05, 0.1) is 0 Å². The zero-order chi connectivity index (χ0) is 13.5. The summed E-state index contributed by atoms with van der Waals surface area (Å²) in [4.78, 5) is 0. The Kier molecular flexibility index (Phi) is 152. The molecule has 0 saturated carbocycles. The van der Waals surface area contributed by atoms with Crippen LogP contribution in [0.15, 0.2) is 0 Å². The first kappa shape index (κ1) is 93.8. The summed E-state index contributed by atoms with van der Waals surface area (Å²) in [5.74, 6) is 0. The predicted molar refractivity (Wildman–Crippen MR) is 60.3 cm³/mol. The Morgan fingerprint density at radius 1 is 0.320 bits per heavy atom. The van der Waals surface area contributed by atoms with Gasteiger partial charge < -0.3 is 71.1 Å². The van der Waals surface area contributed by atoms with Crippen LogP contribution in [0.4, 0.5) is 0 Å². The van der Waals surface area contributed by atoms with Crippen molar-refractivity contribution in [1.29, 1.82) is 0 Å². The van der Waals surface area contributed by atoms with Crippen molar-refractivity contribution >= 4 is 31.2 Å². The first-order valence-corrected chi connectivity index (χ1v) is 6.00. The van der Waals surface area contributed by atoms with E-state index in [-0.39, 0.29) is 118 Å². The molecule has 0 unspecified atom stereocenters. The molecule has 20 nitrogen and oxygen atoms in total. The maximum absolute atomic E-state index is 8.52. The topological polar surface area (TPSA) is 493 Å². The first-order valence-electron chi connectivity index (χ1n) is 2.00. The molecule has 0 radical (unpaired) electrons. The molecule has 0 bridgehead atoms. The first-order chi connectivity index (χ1) is 6.00. The van der Waals surface area contributed by atoms with Gasteiger partial charge >= 0.3 is 73.7 Å². The summed E-state index contributed by atoms with van der Waals surface area (Å²) in [5, 5.41) is 0. The summed E-state index contributed by atoms with van der Waals surface area (Å²) < 4.78 is 102. The molecule has 0 rings (SSSR count). The molecule has 0 saturated heterocycles. The smallest absolute Gasteiger partial charge is 0.759 e. The molecule has 25 heavy (non-hydrogen) atoms. The second-order valence-electron chi connectivity index (χ2n) is 1.22. The Hall–Kier alpha value is 1.76. The molecule has 0 fully saturated rings. The molecule has 0 amide bonds. The molecule has 0 aliphatic rings. The van der Waals surface area contributed by atoms with Gasteiger partial charge in [0.25, 0.3) is 0 Å². The molecular formula is H16Lu2O20S3. The Bertz CT molecular complexity index is 344. The van der Waals surface area contributed by atoms with Crippen LogP contribution in [0.1, 0.15) is 0 Å². The third kappa shape index (κ3) is 4710. The molecule has 0 aromatic heterocycles. The van der Waals surface area contributed by atoms with E-state index in [4.69, 9.17) is 52.6 Å². The van der Waals surface area contributed by atoms with Gasteiger partial charge in [-0.25, -0.2) is 0 Å². The van der Waals surface area contributed by atoms with Gasteiger partial charge in [-0.15, -0.1) is 0 Å². The molecule has 184 valence electrons. The fraction of sp³-hybridized carbons (Fsp3) is 0. The Labute approximate surface area is 199 Å². The summed E-state index contributed by atoms with van der Waals surface area (Å²) in [7, 11) is -15.5. The van der Waals surface area contributed by atoms with E-state index in [2.05, 4.69) is 0 Å². The van der Waals surface area contributed by atoms with Gasteiger partial charge in [0.2, 0.25) is 0 Å². The average Bonchev–Trinajstić information content (AvgIpc) is 1.41. The fourth-order valence-corrected chi connectivity index (χ4v) is 0. The van der Waals surface area contributed by atoms with Crippen LogP contribution in [-0.4, -0.2) is 96.4 Å². The van der Waals surface area contributed by atoms with Crippen LogP contribution in [0.5, 0.6) is 0 Å². The predicted octanol–water partition coefficient (Wildman–Crippen LogP) is -10.6. The number of rotatable bonds is 0. The van der Waals surface area contributed by atoms with Gasteiger partial charge in [-0.2, -0.15) is 0 Å². The Balaban J connectivity index is -0.00000000655. The SMILES string of the molecule is O.O.O.O.O.O.O.O.O=S(=O)([O-])[O-].O=S(=O)([O-])[O-].O=S(=O)([O-])[O-].[Lu+3].[Lu+3]. The number of hydrogen-bond acceptors (Lipinski definition) is 12. The van der Waals surface area contributed by atoms with Crippen molar-refractivity contribution in [2.75, 3.05) is 0 Å². The summed E-state index contributed by atoms with van der Waals surface area (Å²) in [6.07, 6.45) is 0. The summed E-state index contributed by atoms with van der Waals surface area (Å²) in [6.45, 7) is 0. The van der Waals surface area contributed by atoms with E-state index in [1.165, 1.54) is 0 Å². The van der Waals surface area contributed by atoms with E-state index in [1.807, 2.05) is 0 Å². The standard InChI is InChI=1S/2Lu.3H2O4S.8H2O/c;;3*1-5(2,3)4;;;;;;;;/h;;3*(H2,1,2,3,4);8*1H2/q2*+3;;;;;;;;;;;/p-6. The fourth-order valence-electron chi connectivity index (χ4n) is 0. The summed E-state index contributed by atoms with van der Waals surface area (Å²) in [5.41, 5.74) is 0. The van der Waals surface area contributed by atoms with E-state index >= 15 is 0 Å². The molecule has 0 aromatic carbocycles. The van der Waals surface area contributed by atoms with Crippen molar-refractivity contribution in [3.63, 3.8) is 0 Å². The van der Waals surface area contributed by atoms with Crippen molar-refractivity contribution in [3.05, 3.63) is 0 Å². The molecular weight excluding hydrogens is 766 g/mol. The van der Waals surface area contributed by atoms with E-state index in [1.54, 1.807) is 0 Å². The minimum absolute atomic E-state index is 0. The van der Waals surface area contributed by atoms with E-state index in [0.29, 0.717) is 0 Å². The van der Waals surface area contributed by atoms with Crippen LogP contribution in [0.25, 0.3) is 0 Å². The molecule has 0 heterocycles. The third-order valence-electron chi connectivity index (χ3n) is 0. The van der Waals surface area contributed by atoms with Crippen molar-refractivity contribution < 1.29 is 170 Å². The van der Waals surface area contributed by atoms with Crippen LogP contribution in [0.3, 0.4) is 0 Å².